The molecule has 0 aliphatic carbocycles. The number of halogens is 1. The van der Waals surface area contributed by atoms with Gasteiger partial charge in [0.05, 0.1) is 5.56 Å². The number of hydrogen-bond donors (Lipinski definition) is 1. The van der Waals surface area contributed by atoms with Gasteiger partial charge < -0.3 is 19.6 Å². The molecule has 1 aliphatic rings. The molecule has 0 unspecified atom stereocenters. The van der Waals surface area contributed by atoms with Gasteiger partial charge in [-0.1, -0.05) is 17.3 Å². The molecule has 2 amide bonds. The number of nitrogens with one attached hydrogen (secondary N) is 1. The number of benzene rings is 1. The van der Waals surface area contributed by atoms with Gasteiger partial charge >= 0.3 is 0 Å². The summed E-state index contributed by atoms with van der Waals surface area (Å²) in [5.41, 5.74) is -0.0387. The maximum Gasteiger partial charge on any atom is 0.257 e. The van der Waals surface area contributed by atoms with Crippen LogP contribution in [0.3, 0.4) is 0 Å². The van der Waals surface area contributed by atoms with E-state index in [1.165, 1.54) is 35.4 Å². The Hall–Kier alpha value is -2.74. The maximum atomic E-state index is 14.0. The lowest BCUT2D eigenvalue weighted by Gasteiger charge is -2.25. The minimum absolute atomic E-state index is 0.0387. The predicted molar refractivity (Wildman–Crippen MR) is 93.1 cm³/mol. The summed E-state index contributed by atoms with van der Waals surface area (Å²) in [4.78, 5) is 28.6. The first kappa shape index (κ1) is 18.1. The second-order valence-corrected chi connectivity index (χ2v) is 6.19. The molecular weight excluding hydrogens is 339 g/mol. The Morgan fingerprint density at radius 2 is 2.00 bits per heavy atom. The van der Waals surface area contributed by atoms with E-state index in [1.807, 2.05) is 0 Å². The van der Waals surface area contributed by atoms with Crippen molar-refractivity contribution in [1.82, 2.24) is 15.0 Å². The highest BCUT2D eigenvalue weighted by Crippen LogP contribution is 2.12. The summed E-state index contributed by atoms with van der Waals surface area (Å²) >= 11 is 0. The van der Waals surface area contributed by atoms with E-state index in [1.54, 1.807) is 6.07 Å². The van der Waals surface area contributed by atoms with Gasteiger partial charge in [-0.25, -0.2) is 4.39 Å². The molecule has 0 saturated carbocycles. The molecule has 1 saturated heterocycles. The van der Waals surface area contributed by atoms with Crippen molar-refractivity contribution in [2.75, 3.05) is 38.0 Å². The van der Waals surface area contributed by atoms with Crippen LogP contribution in [-0.4, -0.2) is 59.5 Å². The Morgan fingerprint density at radius 3 is 2.69 bits per heavy atom. The third-order valence-electron chi connectivity index (χ3n) is 4.32. The van der Waals surface area contributed by atoms with E-state index in [9.17, 15) is 14.0 Å². The number of hydrogen-bond acceptors (Lipinski definition) is 5. The lowest BCUT2D eigenvalue weighted by atomic mass is 10.2. The fraction of sp³-hybridized carbons (Fsp3) is 0.389. The van der Waals surface area contributed by atoms with Crippen LogP contribution < -0.4 is 5.32 Å². The first-order chi connectivity index (χ1) is 12.6. The molecule has 1 aromatic carbocycles. The quantitative estimate of drug-likeness (QED) is 0.817. The van der Waals surface area contributed by atoms with Gasteiger partial charge in [0.1, 0.15) is 18.6 Å². The maximum absolute atomic E-state index is 14.0. The Balaban J connectivity index is 1.68. The summed E-state index contributed by atoms with van der Waals surface area (Å²) < 4.78 is 18.7. The van der Waals surface area contributed by atoms with Crippen LogP contribution in [0.2, 0.25) is 0 Å². The lowest BCUT2D eigenvalue weighted by Crippen LogP contribution is -2.42. The molecule has 1 aromatic heterocycles. The number of carbonyl (C=O) groups excluding carboxylic acids is 2. The molecule has 1 N–H and O–H groups in total. The van der Waals surface area contributed by atoms with Gasteiger partial charge in [-0.3, -0.25) is 9.59 Å². The molecule has 26 heavy (non-hydrogen) atoms. The van der Waals surface area contributed by atoms with Gasteiger partial charge in [0.25, 0.3) is 5.91 Å². The fourth-order valence-electron chi connectivity index (χ4n) is 2.96. The zero-order chi connectivity index (χ0) is 18.4. The van der Waals surface area contributed by atoms with Gasteiger partial charge in [0.2, 0.25) is 5.91 Å². The number of anilines is 1. The molecule has 0 spiro atoms. The van der Waals surface area contributed by atoms with Crippen LogP contribution in [0.5, 0.6) is 0 Å². The zero-order valence-electron chi connectivity index (χ0n) is 14.4. The number of amides is 2. The Kier molecular flexibility index (Phi) is 5.96. The molecule has 0 bridgehead atoms. The van der Waals surface area contributed by atoms with Crippen LogP contribution in [-0.2, 0) is 4.79 Å². The second-order valence-electron chi connectivity index (χ2n) is 6.19. The molecule has 0 atom stereocenters. The van der Waals surface area contributed by atoms with Crippen molar-refractivity contribution in [3.63, 3.8) is 0 Å². The number of nitrogens with zero attached hydrogens (tertiary/aromatic N) is 3. The Labute approximate surface area is 150 Å². The summed E-state index contributed by atoms with van der Waals surface area (Å²) in [6.07, 6.45) is 3.60. The summed E-state index contributed by atoms with van der Waals surface area (Å²) in [7, 11) is 0. The molecule has 0 radical (unpaired) electrons. The van der Waals surface area contributed by atoms with Crippen molar-refractivity contribution in [2.45, 2.75) is 12.8 Å². The summed E-state index contributed by atoms with van der Waals surface area (Å²) in [5, 5.41) is 6.17. The standard InChI is InChI=1S/C18H21FN4O3/c19-15-6-2-1-5-14(15)18(25)23(11-10-22-8-3-4-9-22)13-17(24)20-16-7-12-26-21-16/h1-2,5-7,12H,3-4,8-11,13H2,(H,20,21,24). The lowest BCUT2D eigenvalue weighted by molar-refractivity contribution is -0.117. The minimum Gasteiger partial charge on any atom is -0.363 e. The van der Waals surface area contributed by atoms with E-state index in [0.29, 0.717) is 13.1 Å². The van der Waals surface area contributed by atoms with E-state index >= 15 is 0 Å². The van der Waals surface area contributed by atoms with Crippen molar-refractivity contribution in [3.05, 3.63) is 48.0 Å². The normalized spacial score (nSPS) is 14.3. The molecule has 1 fully saturated rings. The summed E-state index contributed by atoms with van der Waals surface area (Å²) in [5.74, 6) is -1.24. The molecule has 138 valence electrons. The average Bonchev–Trinajstić information content (AvgIpc) is 3.32. The van der Waals surface area contributed by atoms with Crippen molar-refractivity contribution in [1.29, 1.82) is 0 Å². The predicted octanol–water partition coefficient (Wildman–Crippen LogP) is 1.99. The van der Waals surface area contributed by atoms with Gasteiger partial charge in [0.15, 0.2) is 5.82 Å². The number of carbonyl (C=O) groups is 2. The van der Waals surface area contributed by atoms with Gasteiger partial charge in [-0.05, 0) is 38.1 Å². The van der Waals surface area contributed by atoms with Crippen LogP contribution in [0.1, 0.15) is 23.2 Å². The Morgan fingerprint density at radius 1 is 1.23 bits per heavy atom. The van der Waals surface area contributed by atoms with E-state index < -0.39 is 17.6 Å². The van der Waals surface area contributed by atoms with Gasteiger partial charge in [-0.2, -0.15) is 0 Å². The van der Waals surface area contributed by atoms with Crippen molar-refractivity contribution < 1.29 is 18.5 Å². The molecular formula is C18H21FN4O3. The highest BCUT2D eigenvalue weighted by atomic mass is 19.1. The fourth-order valence-corrected chi connectivity index (χ4v) is 2.96. The van der Waals surface area contributed by atoms with Crippen LogP contribution in [0.15, 0.2) is 41.1 Å². The molecule has 3 rings (SSSR count). The first-order valence-electron chi connectivity index (χ1n) is 8.60. The third kappa shape index (κ3) is 4.66. The molecule has 8 heteroatoms. The Bertz CT molecular complexity index is 745. The van der Waals surface area contributed by atoms with Gasteiger partial charge in [-0.15, -0.1) is 0 Å². The van der Waals surface area contributed by atoms with E-state index in [0.717, 1.165) is 25.9 Å². The van der Waals surface area contributed by atoms with Gasteiger partial charge in [0, 0.05) is 19.2 Å². The smallest absolute Gasteiger partial charge is 0.257 e. The SMILES string of the molecule is O=C(CN(CCN1CCCC1)C(=O)c1ccccc1F)Nc1ccon1. The van der Waals surface area contributed by atoms with Crippen molar-refractivity contribution >= 4 is 17.6 Å². The highest BCUT2D eigenvalue weighted by Gasteiger charge is 2.23. The molecule has 2 heterocycles. The van der Waals surface area contributed by atoms with Crippen LogP contribution >= 0.6 is 0 Å². The molecule has 7 nitrogen and oxygen atoms in total. The summed E-state index contributed by atoms with van der Waals surface area (Å²) in [6, 6.07) is 7.30. The molecule has 1 aliphatic heterocycles. The van der Waals surface area contributed by atoms with Crippen LogP contribution in [0.4, 0.5) is 10.2 Å². The van der Waals surface area contributed by atoms with Crippen LogP contribution in [0, 0.1) is 5.82 Å². The largest absolute Gasteiger partial charge is 0.363 e. The van der Waals surface area contributed by atoms with E-state index in [4.69, 9.17) is 0 Å². The minimum atomic E-state index is -0.597. The topological polar surface area (TPSA) is 78.7 Å². The first-order valence-corrected chi connectivity index (χ1v) is 8.60. The zero-order valence-corrected chi connectivity index (χ0v) is 14.4. The monoisotopic (exact) mass is 360 g/mol. The number of likely N-dealkylation sites (tertiary alicyclic amines) is 1. The summed E-state index contributed by atoms with van der Waals surface area (Å²) in [6.45, 7) is 2.77. The van der Waals surface area contributed by atoms with Crippen molar-refractivity contribution in [2.24, 2.45) is 0 Å². The third-order valence-corrected chi connectivity index (χ3v) is 4.32. The van der Waals surface area contributed by atoms with E-state index in [2.05, 4.69) is 19.9 Å². The van der Waals surface area contributed by atoms with Crippen molar-refractivity contribution in [3.8, 4) is 0 Å². The number of aromatic nitrogens is 1. The molecule has 2 aromatic rings. The van der Waals surface area contributed by atoms with E-state index in [-0.39, 0.29) is 17.9 Å². The number of rotatable bonds is 7. The highest BCUT2D eigenvalue weighted by molar-refractivity contribution is 5.99. The van der Waals surface area contributed by atoms with Crippen LogP contribution in [0.25, 0.3) is 0 Å². The second kappa shape index (κ2) is 8.57. The average molecular weight is 360 g/mol.